The van der Waals surface area contributed by atoms with Crippen molar-refractivity contribution in [3.63, 3.8) is 0 Å². The van der Waals surface area contributed by atoms with Crippen LogP contribution in [-0.2, 0) is 11.2 Å². The van der Waals surface area contributed by atoms with Gasteiger partial charge < -0.3 is 10.1 Å². The molecule has 0 aliphatic heterocycles. The standard InChI is InChI=1S/C14H17NO2/c1-9-5-3-7-12-14(9)10(2)11(15-12)6-4-8-13(16)17/h3,5,7,15H,4,6,8H2,1-2H3,(H,16,17). The number of carboxylic acid groups (broad SMARTS) is 1. The predicted octanol–water partition coefficient (Wildman–Crippen LogP) is 3.19. The van der Waals surface area contributed by atoms with Crippen molar-refractivity contribution in [2.75, 3.05) is 0 Å². The van der Waals surface area contributed by atoms with Gasteiger partial charge >= 0.3 is 5.97 Å². The van der Waals surface area contributed by atoms with E-state index >= 15 is 0 Å². The van der Waals surface area contributed by atoms with E-state index in [-0.39, 0.29) is 6.42 Å². The van der Waals surface area contributed by atoms with Gasteiger partial charge in [-0.1, -0.05) is 12.1 Å². The third-order valence-corrected chi connectivity index (χ3v) is 3.20. The number of aromatic amines is 1. The molecule has 2 aromatic rings. The number of rotatable bonds is 4. The minimum atomic E-state index is -0.727. The topological polar surface area (TPSA) is 53.1 Å². The first-order chi connectivity index (χ1) is 8.09. The molecule has 3 nitrogen and oxygen atoms in total. The van der Waals surface area contributed by atoms with Crippen molar-refractivity contribution in [1.29, 1.82) is 0 Å². The van der Waals surface area contributed by atoms with Crippen LogP contribution in [0.25, 0.3) is 10.9 Å². The Bertz CT molecular complexity index is 555. The molecule has 0 atom stereocenters. The first-order valence-electron chi connectivity index (χ1n) is 5.88. The molecule has 90 valence electrons. The third-order valence-electron chi connectivity index (χ3n) is 3.20. The Labute approximate surface area is 100 Å². The molecule has 0 bridgehead atoms. The Morgan fingerprint density at radius 3 is 2.76 bits per heavy atom. The maximum absolute atomic E-state index is 10.5. The van der Waals surface area contributed by atoms with Crippen molar-refractivity contribution in [1.82, 2.24) is 4.98 Å². The second-order valence-corrected chi connectivity index (χ2v) is 4.47. The van der Waals surface area contributed by atoms with Crippen LogP contribution < -0.4 is 0 Å². The predicted molar refractivity (Wildman–Crippen MR) is 68.3 cm³/mol. The van der Waals surface area contributed by atoms with Crippen LogP contribution >= 0.6 is 0 Å². The summed E-state index contributed by atoms with van der Waals surface area (Å²) in [6.07, 6.45) is 1.71. The summed E-state index contributed by atoms with van der Waals surface area (Å²) in [5.41, 5.74) is 4.83. The highest BCUT2D eigenvalue weighted by molar-refractivity contribution is 5.87. The SMILES string of the molecule is Cc1cccc2[nH]c(CCCC(=O)O)c(C)c12. The van der Waals surface area contributed by atoms with Gasteiger partial charge in [0.05, 0.1) is 0 Å². The van der Waals surface area contributed by atoms with Crippen LogP contribution in [0, 0.1) is 13.8 Å². The molecule has 0 spiro atoms. The molecule has 0 aliphatic rings. The lowest BCUT2D eigenvalue weighted by atomic mass is 10.0. The zero-order valence-electron chi connectivity index (χ0n) is 10.2. The van der Waals surface area contributed by atoms with E-state index in [4.69, 9.17) is 5.11 Å². The van der Waals surface area contributed by atoms with Crippen LogP contribution in [0.3, 0.4) is 0 Å². The van der Waals surface area contributed by atoms with E-state index in [1.54, 1.807) is 0 Å². The van der Waals surface area contributed by atoms with Gasteiger partial charge in [-0.15, -0.1) is 0 Å². The number of hydrogen-bond acceptors (Lipinski definition) is 1. The maximum Gasteiger partial charge on any atom is 0.303 e. The number of carboxylic acids is 1. The fraction of sp³-hybridized carbons (Fsp3) is 0.357. The molecule has 1 aromatic carbocycles. The van der Waals surface area contributed by atoms with Crippen LogP contribution in [-0.4, -0.2) is 16.1 Å². The van der Waals surface area contributed by atoms with Gasteiger partial charge in [-0.25, -0.2) is 0 Å². The summed E-state index contributed by atoms with van der Waals surface area (Å²) >= 11 is 0. The van der Waals surface area contributed by atoms with Gasteiger partial charge in [0.2, 0.25) is 0 Å². The van der Waals surface area contributed by atoms with Gasteiger partial charge in [0.1, 0.15) is 0 Å². The summed E-state index contributed by atoms with van der Waals surface area (Å²) in [5, 5.41) is 9.91. The van der Waals surface area contributed by atoms with E-state index in [0.717, 1.165) is 17.6 Å². The molecule has 0 radical (unpaired) electrons. The first kappa shape index (κ1) is 11.7. The van der Waals surface area contributed by atoms with Gasteiger partial charge in [-0.2, -0.15) is 0 Å². The number of aryl methyl sites for hydroxylation is 3. The average molecular weight is 231 g/mol. The number of nitrogens with one attached hydrogen (secondary N) is 1. The molecule has 1 heterocycles. The second-order valence-electron chi connectivity index (χ2n) is 4.47. The van der Waals surface area contributed by atoms with Gasteiger partial charge in [0, 0.05) is 23.0 Å². The Morgan fingerprint density at radius 2 is 2.12 bits per heavy atom. The monoisotopic (exact) mass is 231 g/mol. The summed E-state index contributed by atoms with van der Waals surface area (Å²) in [6, 6.07) is 6.20. The lowest BCUT2D eigenvalue weighted by Gasteiger charge is -1.99. The number of hydrogen-bond donors (Lipinski definition) is 2. The zero-order chi connectivity index (χ0) is 12.4. The molecule has 0 amide bonds. The normalized spacial score (nSPS) is 10.9. The molecule has 17 heavy (non-hydrogen) atoms. The van der Waals surface area contributed by atoms with Crippen LogP contribution in [0.5, 0.6) is 0 Å². The summed E-state index contributed by atoms with van der Waals surface area (Å²) in [7, 11) is 0. The Kier molecular flexibility index (Phi) is 3.18. The summed E-state index contributed by atoms with van der Waals surface area (Å²) < 4.78 is 0. The summed E-state index contributed by atoms with van der Waals surface area (Å²) in [5.74, 6) is -0.727. The Balaban J connectivity index is 2.27. The smallest absolute Gasteiger partial charge is 0.303 e. The number of H-pyrrole nitrogens is 1. The molecule has 0 fully saturated rings. The van der Waals surface area contributed by atoms with Crippen LogP contribution in [0.2, 0.25) is 0 Å². The average Bonchev–Trinajstić information content (AvgIpc) is 2.57. The van der Waals surface area contributed by atoms with E-state index < -0.39 is 5.97 Å². The third kappa shape index (κ3) is 2.33. The van der Waals surface area contributed by atoms with Crippen molar-refractivity contribution in [3.8, 4) is 0 Å². The van der Waals surface area contributed by atoms with Crippen LogP contribution in [0.15, 0.2) is 18.2 Å². The second kappa shape index (κ2) is 4.62. The molecule has 3 heteroatoms. The van der Waals surface area contributed by atoms with E-state index in [1.807, 2.05) is 6.07 Å². The minimum Gasteiger partial charge on any atom is -0.481 e. The fourth-order valence-corrected chi connectivity index (χ4v) is 2.34. The van der Waals surface area contributed by atoms with E-state index in [1.165, 1.54) is 16.5 Å². The van der Waals surface area contributed by atoms with E-state index in [0.29, 0.717) is 6.42 Å². The van der Waals surface area contributed by atoms with Crippen molar-refractivity contribution in [2.45, 2.75) is 33.1 Å². The summed E-state index contributed by atoms with van der Waals surface area (Å²) in [6.45, 7) is 4.20. The molecule has 0 unspecified atom stereocenters. The molecular formula is C14H17NO2. The minimum absolute atomic E-state index is 0.230. The molecule has 1 aromatic heterocycles. The van der Waals surface area contributed by atoms with Gasteiger partial charge in [-0.05, 0) is 43.9 Å². The van der Waals surface area contributed by atoms with Crippen molar-refractivity contribution < 1.29 is 9.90 Å². The number of benzene rings is 1. The van der Waals surface area contributed by atoms with Gasteiger partial charge in [0.15, 0.2) is 0 Å². The largest absolute Gasteiger partial charge is 0.481 e. The van der Waals surface area contributed by atoms with Crippen LogP contribution in [0.1, 0.15) is 29.7 Å². The molecule has 0 aliphatic carbocycles. The van der Waals surface area contributed by atoms with Crippen LogP contribution in [0.4, 0.5) is 0 Å². The molecule has 0 saturated carbocycles. The quantitative estimate of drug-likeness (QED) is 0.849. The number of carbonyl (C=O) groups is 1. The lowest BCUT2D eigenvalue weighted by Crippen LogP contribution is -1.96. The highest BCUT2D eigenvalue weighted by atomic mass is 16.4. The zero-order valence-corrected chi connectivity index (χ0v) is 10.2. The highest BCUT2D eigenvalue weighted by Gasteiger charge is 2.09. The lowest BCUT2D eigenvalue weighted by molar-refractivity contribution is -0.137. The van der Waals surface area contributed by atoms with Gasteiger partial charge in [-0.3, -0.25) is 4.79 Å². The molecule has 2 N–H and O–H groups in total. The van der Waals surface area contributed by atoms with E-state index in [2.05, 4.69) is 31.0 Å². The van der Waals surface area contributed by atoms with Crippen molar-refractivity contribution in [3.05, 3.63) is 35.0 Å². The number of aliphatic carboxylic acids is 1. The Hall–Kier alpha value is -1.77. The molecular weight excluding hydrogens is 214 g/mol. The van der Waals surface area contributed by atoms with E-state index in [9.17, 15) is 4.79 Å². The van der Waals surface area contributed by atoms with Gasteiger partial charge in [0.25, 0.3) is 0 Å². The molecule has 2 rings (SSSR count). The molecule has 0 saturated heterocycles. The van der Waals surface area contributed by atoms with Crippen molar-refractivity contribution >= 4 is 16.9 Å². The maximum atomic E-state index is 10.5. The summed E-state index contributed by atoms with van der Waals surface area (Å²) in [4.78, 5) is 13.9. The Morgan fingerprint density at radius 1 is 1.35 bits per heavy atom. The van der Waals surface area contributed by atoms with Crippen molar-refractivity contribution in [2.24, 2.45) is 0 Å². The first-order valence-corrected chi connectivity index (χ1v) is 5.88. The highest BCUT2D eigenvalue weighted by Crippen LogP contribution is 2.25. The number of fused-ring (bicyclic) bond motifs is 1. The number of aromatic nitrogens is 1. The fourth-order valence-electron chi connectivity index (χ4n) is 2.34.